The highest BCUT2D eigenvalue weighted by Crippen LogP contribution is 2.20. The second-order valence-corrected chi connectivity index (χ2v) is 4.09. The van der Waals surface area contributed by atoms with E-state index in [-0.39, 0.29) is 0 Å². The molecule has 0 amide bonds. The molecular weight excluding hydrogens is 218 g/mol. The molecule has 2 aromatic rings. The lowest BCUT2D eigenvalue weighted by atomic mass is 10.0. The van der Waals surface area contributed by atoms with Gasteiger partial charge >= 0.3 is 0 Å². The SMILES string of the molecule is C#CCCc1ccc(-c2ccc(C#N)cc2)cc1. The third-order valence-corrected chi connectivity index (χ3v) is 2.86. The first kappa shape index (κ1) is 12.0. The summed E-state index contributed by atoms with van der Waals surface area (Å²) in [4.78, 5) is 0. The van der Waals surface area contributed by atoms with Crippen LogP contribution in [0, 0.1) is 23.7 Å². The highest BCUT2D eigenvalue weighted by Gasteiger charge is 1.98. The number of hydrogen-bond donors (Lipinski definition) is 0. The van der Waals surface area contributed by atoms with Crippen LogP contribution in [0.15, 0.2) is 48.5 Å². The van der Waals surface area contributed by atoms with E-state index in [1.165, 1.54) is 5.56 Å². The van der Waals surface area contributed by atoms with Crippen molar-refractivity contribution in [3.05, 3.63) is 59.7 Å². The van der Waals surface area contributed by atoms with E-state index in [1.54, 1.807) is 0 Å². The van der Waals surface area contributed by atoms with Gasteiger partial charge in [0.05, 0.1) is 11.6 Å². The average Bonchev–Trinajstić information content (AvgIpc) is 2.46. The first-order chi connectivity index (χ1) is 8.83. The molecule has 0 aliphatic carbocycles. The Bertz CT molecular complexity index is 592. The summed E-state index contributed by atoms with van der Waals surface area (Å²) < 4.78 is 0. The fourth-order valence-electron chi connectivity index (χ4n) is 1.82. The van der Waals surface area contributed by atoms with Gasteiger partial charge in [-0.2, -0.15) is 5.26 Å². The summed E-state index contributed by atoms with van der Waals surface area (Å²) in [5, 5.41) is 8.75. The Hall–Kier alpha value is -2.51. The van der Waals surface area contributed by atoms with E-state index in [0.717, 1.165) is 24.0 Å². The molecule has 0 atom stereocenters. The lowest BCUT2D eigenvalue weighted by Crippen LogP contribution is -1.84. The van der Waals surface area contributed by atoms with Crippen LogP contribution in [-0.2, 0) is 6.42 Å². The molecule has 0 spiro atoms. The normalized spacial score (nSPS) is 9.44. The summed E-state index contributed by atoms with van der Waals surface area (Å²) >= 11 is 0. The topological polar surface area (TPSA) is 23.8 Å². The van der Waals surface area contributed by atoms with Crippen LogP contribution in [0.1, 0.15) is 17.5 Å². The van der Waals surface area contributed by atoms with Crippen LogP contribution < -0.4 is 0 Å². The van der Waals surface area contributed by atoms with Gasteiger partial charge in [0.15, 0.2) is 0 Å². The molecule has 0 bridgehead atoms. The van der Waals surface area contributed by atoms with Crippen molar-refractivity contribution in [2.45, 2.75) is 12.8 Å². The summed E-state index contributed by atoms with van der Waals surface area (Å²) in [6.45, 7) is 0. The Kier molecular flexibility index (Phi) is 3.79. The van der Waals surface area contributed by atoms with Crippen molar-refractivity contribution in [3.63, 3.8) is 0 Å². The molecule has 0 aromatic heterocycles. The smallest absolute Gasteiger partial charge is 0.0991 e. The monoisotopic (exact) mass is 231 g/mol. The molecular formula is C17H13N. The fraction of sp³-hybridized carbons (Fsp3) is 0.118. The molecule has 0 radical (unpaired) electrons. The van der Waals surface area contributed by atoms with Gasteiger partial charge in [0.1, 0.15) is 0 Å². The molecule has 18 heavy (non-hydrogen) atoms. The zero-order valence-electron chi connectivity index (χ0n) is 10.1. The molecule has 0 saturated heterocycles. The van der Waals surface area contributed by atoms with Crippen LogP contribution >= 0.6 is 0 Å². The molecule has 0 aliphatic rings. The highest BCUT2D eigenvalue weighted by atomic mass is 14.2. The number of aryl methyl sites for hydroxylation is 1. The number of rotatable bonds is 3. The Morgan fingerprint density at radius 2 is 1.44 bits per heavy atom. The maximum absolute atomic E-state index is 8.75. The van der Waals surface area contributed by atoms with Crippen molar-refractivity contribution in [2.24, 2.45) is 0 Å². The predicted molar refractivity (Wildman–Crippen MR) is 73.7 cm³/mol. The van der Waals surface area contributed by atoms with E-state index in [4.69, 9.17) is 11.7 Å². The van der Waals surface area contributed by atoms with Crippen LogP contribution in [-0.4, -0.2) is 0 Å². The van der Waals surface area contributed by atoms with Crippen LogP contribution in [0.2, 0.25) is 0 Å². The van der Waals surface area contributed by atoms with E-state index in [1.807, 2.05) is 24.3 Å². The Morgan fingerprint density at radius 1 is 0.889 bits per heavy atom. The molecule has 0 fully saturated rings. The quantitative estimate of drug-likeness (QED) is 0.737. The molecule has 1 nitrogen and oxygen atoms in total. The van der Waals surface area contributed by atoms with Gasteiger partial charge in [0, 0.05) is 6.42 Å². The standard InChI is InChI=1S/C17H13N/c1-2-3-4-14-5-9-16(10-6-14)17-11-7-15(13-18)8-12-17/h1,5-12H,3-4H2. The lowest BCUT2D eigenvalue weighted by molar-refractivity contribution is 1.03. The van der Waals surface area contributed by atoms with Crippen molar-refractivity contribution in [1.82, 2.24) is 0 Å². The Balaban J connectivity index is 2.18. The molecule has 0 heterocycles. The highest BCUT2D eigenvalue weighted by molar-refractivity contribution is 5.64. The van der Waals surface area contributed by atoms with Crippen molar-refractivity contribution in [3.8, 4) is 29.5 Å². The third kappa shape index (κ3) is 2.78. The van der Waals surface area contributed by atoms with Crippen molar-refractivity contribution in [2.75, 3.05) is 0 Å². The molecule has 0 saturated carbocycles. The second kappa shape index (κ2) is 5.71. The van der Waals surface area contributed by atoms with Crippen LogP contribution in [0.3, 0.4) is 0 Å². The van der Waals surface area contributed by atoms with E-state index in [9.17, 15) is 0 Å². The van der Waals surface area contributed by atoms with Crippen LogP contribution in [0.25, 0.3) is 11.1 Å². The molecule has 86 valence electrons. The van der Waals surface area contributed by atoms with Crippen LogP contribution in [0.5, 0.6) is 0 Å². The minimum atomic E-state index is 0.685. The molecule has 1 heteroatoms. The summed E-state index contributed by atoms with van der Waals surface area (Å²) in [5.74, 6) is 2.64. The summed E-state index contributed by atoms with van der Waals surface area (Å²) in [6, 6.07) is 18.1. The van der Waals surface area contributed by atoms with E-state index >= 15 is 0 Å². The number of nitriles is 1. The van der Waals surface area contributed by atoms with Crippen molar-refractivity contribution < 1.29 is 0 Å². The zero-order chi connectivity index (χ0) is 12.8. The lowest BCUT2D eigenvalue weighted by Gasteiger charge is -2.03. The number of hydrogen-bond acceptors (Lipinski definition) is 1. The number of terminal acetylenes is 1. The van der Waals surface area contributed by atoms with Crippen LogP contribution in [0.4, 0.5) is 0 Å². The predicted octanol–water partition coefficient (Wildman–Crippen LogP) is 3.79. The van der Waals surface area contributed by atoms with Gasteiger partial charge in [0.25, 0.3) is 0 Å². The maximum atomic E-state index is 8.75. The molecule has 2 aromatic carbocycles. The molecule has 2 rings (SSSR count). The molecule has 0 N–H and O–H groups in total. The Morgan fingerprint density at radius 3 is 1.94 bits per heavy atom. The summed E-state index contributed by atoms with van der Waals surface area (Å²) in [5.41, 5.74) is 4.22. The van der Waals surface area contributed by atoms with Gasteiger partial charge in [-0.05, 0) is 35.2 Å². The van der Waals surface area contributed by atoms with Gasteiger partial charge < -0.3 is 0 Å². The van der Waals surface area contributed by atoms with Gasteiger partial charge in [-0.1, -0.05) is 36.4 Å². The van der Waals surface area contributed by atoms with Gasteiger partial charge in [-0.3, -0.25) is 0 Å². The van der Waals surface area contributed by atoms with E-state index in [2.05, 4.69) is 36.3 Å². The first-order valence-electron chi connectivity index (χ1n) is 5.86. The second-order valence-electron chi connectivity index (χ2n) is 4.09. The summed E-state index contributed by atoms with van der Waals surface area (Å²) in [7, 11) is 0. The number of benzene rings is 2. The minimum absolute atomic E-state index is 0.685. The third-order valence-electron chi connectivity index (χ3n) is 2.86. The van der Waals surface area contributed by atoms with Gasteiger partial charge in [0.2, 0.25) is 0 Å². The first-order valence-corrected chi connectivity index (χ1v) is 5.86. The largest absolute Gasteiger partial charge is 0.192 e. The molecule has 0 unspecified atom stereocenters. The maximum Gasteiger partial charge on any atom is 0.0991 e. The van der Waals surface area contributed by atoms with Crippen molar-refractivity contribution >= 4 is 0 Å². The van der Waals surface area contributed by atoms with E-state index in [0.29, 0.717) is 5.56 Å². The zero-order valence-corrected chi connectivity index (χ0v) is 10.1. The van der Waals surface area contributed by atoms with Gasteiger partial charge in [-0.15, -0.1) is 12.3 Å². The van der Waals surface area contributed by atoms with Crippen molar-refractivity contribution in [1.29, 1.82) is 5.26 Å². The minimum Gasteiger partial charge on any atom is -0.192 e. The van der Waals surface area contributed by atoms with Gasteiger partial charge in [-0.25, -0.2) is 0 Å². The molecule has 0 aliphatic heterocycles. The fourth-order valence-corrected chi connectivity index (χ4v) is 1.82. The average molecular weight is 231 g/mol. The summed E-state index contributed by atoms with van der Waals surface area (Å²) in [6.07, 6.45) is 6.94. The number of nitrogens with zero attached hydrogens (tertiary/aromatic N) is 1. The van der Waals surface area contributed by atoms with E-state index < -0.39 is 0 Å². The Labute approximate surface area is 108 Å².